The number of para-hydroxylation sites is 2. The molecular formula is C31H29F2N7O3S. The lowest BCUT2D eigenvalue weighted by atomic mass is 9.94. The molecule has 1 fully saturated rings. The zero-order chi connectivity index (χ0) is 31.1. The highest BCUT2D eigenvalue weighted by molar-refractivity contribution is 7.89. The predicted octanol–water partition coefficient (Wildman–Crippen LogP) is 5.16. The van der Waals surface area contributed by atoms with Crippen LogP contribution in [0.25, 0.3) is 11.0 Å². The van der Waals surface area contributed by atoms with E-state index in [-0.39, 0.29) is 23.9 Å². The summed E-state index contributed by atoms with van der Waals surface area (Å²) >= 11 is 0. The van der Waals surface area contributed by atoms with Crippen LogP contribution >= 0.6 is 0 Å². The molecule has 2 heterocycles. The van der Waals surface area contributed by atoms with Crippen molar-refractivity contribution in [2.75, 3.05) is 28.8 Å². The van der Waals surface area contributed by atoms with Crippen LogP contribution in [0.15, 0.2) is 79.0 Å². The fraction of sp³-hybridized carbons (Fsp3) is 0.226. The van der Waals surface area contributed by atoms with Gasteiger partial charge in [0.2, 0.25) is 17.8 Å². The third-order valence-electron chi connectivity index (χ3n) is 7.53. The van der Waals surface area contributed by atoms with Gasteiger partial charge in [0.05, 0.1) is 28.9 Å². The Morgan fingerprint density at radius 3 is 2.50 bits per heavy atom. The number of rotatable bonds is 10. The van der Waals surface area contributed by atoms with Gasteiger partial charge in [-0.15, -0.1) is 0 Å². The zero-order valence-electron chi connectivity index (χ0n) is 24.0. The Kier molecular flexibility index (Phi) is 7.49. The normalized spacial score (nSPS) is 13.9. The second kappa shape index (κ2) is 11.3. The van der Waals surface area contributed by atoms with Crippen molar-refractivity contribution in [2.24, 2.45) is 0 Å². The molecule has 1 saturated carbocycles. The molecule has 1 aliphatic carbocycles. The summed E-state index contributed by atoms with van der Waals surface area (Å²) in [4.78, 5) is 28.9. The molecule has 0 spiro atoms. The third-order valence-corrected chi connectivity index (χ3v) is 8.39. The number of nitrogens with zero attached hydrogens (tertiary/aromatic N) is 5. The first kappa shape index (κ1) is 29.2. The molecule has 1 aliphatic rings. The molecule has 0 aliphatic heterocycles. The number of benzene rings is 3. The average molecular weight is 618 g/mol. The summed E-state index contributed by atoms with van der Waals surface area (Å²) in [7, 11) is -1.31. The molecule has 226 valence electrons. The lowest BCUT2D eigenvalue weighted by molar-refractivity contribution is -0.118. The van der Waals surface area contributed by atoms with E-state index in [4.69, 9.17) is 0 Å². The summed E-state index contributed by atoms with van der Waals surface area (Å²) < 4.78 is 53.6. The maximum absolute atomic E-state index is 14.6. The van der Waals surface area contributed by atoms with Gasteiger partial charge in [0, 0.05) is 30.8 Å². The maximum Gasteiger partial charge on any atom is 0.237 e. The zero-order valence-corrected chi connectivity index (χ0v) is 24.8. The number of imidazole rings is 1. The first-order valence-electron chi connectivity index (χ1n) is 13.8. The first-order valence-corrected chi connectivity index (χ1v) is 15.9. The number of carbonyl (C=O) groups is 1. The van der Waals surface area contributed by atoms with E-state index in [1.165, 1.54) is 6.26 Å². The van der Waals surface area contributed by atoms with Gasteiger partial charge in [-0.2, -0.15) is 4.98 Å². The lowest BCUT2D eigenvalue weighted by Gasteiger charge is -2.22. The highest BCUT2D eigenvalue weighted by Crippen LogP contribution is 2.50. The van der Waals surface area contributed by atoms with Gasteiger partial charge in [-0.25, -0.2) is 27.2 Å². The minimum Gasteiger partial charge on any atom is -0.341 e. The van der Waals surface area contributed by atoms with Gasteiger partial charge in [-0.1, -0.05) is 24.3 Å². The molecule has 3 aromatic carbocycles. The Balaban J connectivity index is 1.22. The van der Waals surface area contributed by atoms with Crippen molar-refractivity contribution < 1.29 is 22.0 Å². The molecule has 0 bridgehead atoms. The minimum atomic E-state index is -3.14. The van der Waals surface area contributed by atoms with Crippen LogP contribution < -0.4 is 15.5 Å². The van der Waals surface area contributed by atoms with Crippen LogP contribution in [0.3, 0.4) is 0 Å². The fourth-order valence-corrected chi connectivity index (χ4v) is 5.96. The topological polar surface area (TPSA) is 122 Å². The first-order chi connectivity index (χ1) is 21.0. The Bertz CT molecular complexity index is 1980. The van der Waals surface area contributed by atoms with Crippen molar-refractivity contribution in [1.29, 1.82) is 0 Å². The van der Waals surface area contributed by atoms with Crippen LogP contribution in [-0.4, -0.2) is 47.1 Å². The van der Waals surface area contributed by atoms with E-state index in [2.05, 4.69) is 25.6 Å². The van der Waals surface area contributed by atoms with E-state index in [9.17, 15) is 22.0 Å². The number of fused-ring (bicyclic) bond motifs is 1. The fourth-order valence-electron chi connectivity index (χ4n) is 5.17. The molecule has 10 nitrogen and oxygen atoms in total. The minimum absolute atomic E-state index is 0.0424. The Morgan fingerprint density at radius 1 is 1.02 bits per heavy atom. The molecule has 2 N–H and O–H groups in total. The van der Waals surface area contributed by atoms with Gasteiger partial charge < -0.3 is 10.2 Å². The van der Waals surface area contributed by atoms with E-state index in [0.29, 0.717) is 41.4 Å². The largest absolute Gasteiger partial charge is 0.341 e. The van der Waals surface area contributed by atoms with Crippen molar-refractivity contribution in [3.63, 3.8) is 0 Å². The molecule has 2 aromatic heterocycles. The van der Waals surface area contributed by atoms with Crippen LogP contribution in [0.1, 0.15) is 24.0 Å². The number of anilines is 4. The van der Waals surface area contributed by atoms with Crippen molar-refractivity contribution >= 4 is 50.2 Å². The number of aromatic nitrogens is 4. The maximum atomic E-state index is 14.6. The summed E-state index contributed by atoms with van der Waals surface area (Å²) in [5, 5.41) is 6.01. The molecule has 0 unspecified atom stereocenters. The quantitative estimate of drug-likeness (QED) is 0.221. The van der Waals surface area contributed by atoms with E-state index >= 15 is 0 Å². The number of amides is 1. The van der Waals surface area contributed by atoms with E-state index in [1.807, 2.05) is 40.8 Å². The molecule has 6 rings (SSSR count). The third kappa shape index (κ3) is 6.09. The Hall–Kier alpha value is -4.91. The molecule has 0 saturated heterocycles. The number of hydrogen-bond acceptors (Lipinski definition) is 8. The van der Waals surface area contributed by atoms with E-state index < -0.39 is 32.8 Å². The van der Waals surface area contributed by atoms with Crippen molar-refractivity contribution in [3.8, 4) is 0 Å². The number of sulfone groups is 1. The van der Waals surface area contributed by atoms with E-state index in [1.54, 1.807) is 36.5 Å². The molecule has 0 radical (unpaired) electrons. The van der Waals surface area contributed by atoms with Gasteiger partial charge in [0.1, 0.15) is 17.5 Å². The summed E-state index contributed by atoms with van der Waals surface area (Å²) in [5.74, 6) is -0.529. The number of hydrogen-bond donors (Lipinski definition) is 2. The van der Waals surface area contributed by atoms with Crippen molar-refractivity contribution in [2.45, 2.75) is 30.7 Å². The lowest BCUT2D eigenvalue weighted by Crippen LogP contribution is -2.31. The van der Waals surface area contributed by atoms with Crippen LogP contribution in [-0.2, 0) is 32.5 Å². The number of nitrogens with one attached hydrogen (secondary N) is 2. The van der Waals surface area contributed by atoms with Crippen LogP contribution in [0.4, 0.5) is 32.2 Å². The van der Waals surface area contributed by atoms with Crippen LogP contribution in [0, 0.1) is 11.6 Å². The van der Waals surface area contributed by atoms with E-state index in [0.717, 1.165) is 23.7 Å². The molecule has 13 heteroatoms. The second-order valence-electron chi connectivity index (χ2n) is 11.0. The van der Waals surface area contributed by atoms with Crippen LogP contribution in [0.5, 0.6) is 0 Å². The average Bonchev–Trinajstić information content (AvgIpc) is 3.73. The number of carbonyl (C=O) groups excluding carboxylic acids is 1. The molecule has 1 amide bonds. The van der Waals surface area contributed by atoms with Gasteiger partial charge in [-0.05, 0) is 66.9 Å². The highest BCUT2D eigenvalue weighted by atomic mass is 32.2. The SMILES string of the molecule is CN(Cn1c(NC(=O)C2(c3cc(F)ccc3F)CC2)nc2ccccc21)c1ccnc(Nc2ccc(CS(C)(=O)=O)cc2)n1. The Morgan fingerprint density at radius 2 is 1.77 bits per heavy atom. The van der Waals surface area contributed by atoms with Crippen molar-refractivity contribution in [3.05, 3.63) is 102 Å². The highest BCUT2D eigenvalue weighted by Gasteiger charge is 2.53. The standard InChI is InChI=1S/C31H29F2N7O3S/c1-39(27-13-16-34-29(37-27)35-22-10-7-20(8-11-22)18-44(2,42)43)19-40-26-6-4-3-5-25(26)36-30(40)38-28(41)31(14-15-31)23-17-21(32)9-12-24(23)33/h3-13,16-17H,14-15,18-19H2,1-2H3,(H,34,35,37)(H,36,38,41). The smallest absolute Gasteiger partial charge is 0.237 e. The van der Waals surface area contributed by atoms with Gasteiger partial charge in [-0.3, -0.25) is 14.7 Å². The summed E-state index contributed by atoms with van der Waals surface area (Å²) in [6, 6.07) is 19.3. The van der Waals surface area contributed by atoms with Crippen molar-refractivity contribution in [1.82, 2.24) is 19.5 Å². The van der Waals surface area contributed by atoms with Crippen LogP contribution in [0.2, 0.25) is 0 Å². The summed E-state index contributed by atoms with van der Waals surface area (Å²) in [5.41, 5.74) is 1.67. The molecule has 44 heavy (non-hydrogen) atoms. The Labute approximate surface area is 252 Å². The molecule has 0 atom stereocenters. The second-order valence-corrected chi connectivity index (χ2v) is 13.1. The van der Waals surface area contributed by atoms with Gasteiger partial charge in [0.15, 0.2) is 9.84 Å². The predicted molar refractivity (Wildman–Crippen MR) is 164 cm³/mol. The number of halogens is 2. The van der Waals surface area contributed by atoms with Gasteiger partial charge >= 0.3 is 0 Å². The molecule has 5 aromatic rings. The monoisotopic (exact) mass is 617 g/mol. The molecular weight excluding hydrogens is 588 g/mol. The summed E-state index contributed by atoms with van der Waals surface area (Å²) in [6.07, 6.45) is 3.60. The summed E-state index contributed by atoms with van der Waals surface area (Å²) in [6.45, 7) is 0.244. The van der Waals surface area contributed by atoms with Gasteiger partial charge in [0.25, 0.3) is 0 Å².